The van der Waals surface area contributed by atoms with Crippen molar-refractivity contribution in [2.75, 3.05) is 0 Å². The lowest BCUT2D eigenvalue weighted by molar-refractivity contribution is 1.09. The molecular weight excluding hydrogens is 583 g/mol. The smallest absolute Gasteiger partial charge is 0.144 e. The molecule has 0 aliphatic carbocycles. The Morgan fingerprint density at radius 3 is 0.957 bits per heavy atom. The average Bonchev–Trinajstić information content (AvgIpc) is 3.87. The van der Waals surface area contributed by atoms with E-state index in [0.717, 1.165) is 50.2 Å². The fraction of sp³-hybridized carbons (Fsp3) is 0. The summed E-state index contributed by atoms with van der Waals surface area (Å²) in [7, 11) is -0.834. The number of fused-ring (bicyclic) bond motifs is 3. The zero-order chi connectivity index (χ0) is 30.5. The number of hydrogen-bond donors (Lipinski definition) is 0. The summed E-state index contributed by atoms with van der Waals surface area (Å²) < 4.78 is 6.45. The quantitative estimate of drug-likeness (QED) is 0.184. The van der Waals surface area contributed by atoms with Crippen molar-refractivity contribution < 1.29 is 0 Å². The maximum atomic E-state index is 4.62. The van der Waals surface area contributed by atoms with Gasteiger partial charge >= 0.3 is 0 Å². The van der Waals surface area contributed by atoms with Crippen molar-refractivity contribution in [3.63, 3.8) is 0 Å². The molecule has 6 nitrogen and oxygen atoms in total. The van der Waals surface area contributed by atoms with Crippen molar-refractivity contribution in [3.8, 4) is 17.1 Å². The van der Waals surface area contributed by atoms with E-state index in [1.54, 1.807) is 0 Å². The topological polar surface area (TPSA) is 53.5 Å². The highest BCUT2D eigenvalue weighted by molar-refractivity contribution is 7.79. The number of nitrogens with zero attached hydrogens (tertiary/aromatic N) is 6. The molecule has 7 heteroatoms. The third-order valence-electron chi connectivity index (χ3n) is 8.50. The monoisotopic (exact) mass is 610 g/mol. The molecule has 0 unspecified atom stereocenters. The largest absolute Gasteiger partial charge is 0.301 e. The lowest BCUT2D eigenvalue weighted by atomic mass is 10.3. The van der Waals surface area contributed by atoms with Crippen molar-refractivity contribution in [3.05, 3.63) is 165 Å². The van der Waals surface area contributed by atoms with Gasteiger partial charge in [0.15, 0.2) is 0 Å². The van der Waals surface area contributed by atoms with Crippen LogP contribution in [-0.2, 0) is 0 Å². The van der Waals surface area contributed by atoms with Crippen LogP contribution < -0.4 is 15.9 Å². The van der Waals surface area contributed by atoms with E-state index in [9.17, 15) is 0 Å². The van der Waals surface area contributed by atoms with Gasteiger partial charge < -0.3 is 13.7 Å². The minimum absolute atomic E-state index is 0.834. The summed E-state index contributed by atoms with van der Waals surface area (Å²) in [6.07, 6.45) is 11.8. The summed E-state index contributed by atoms with van der Waals surface area (Å²) in [6.45, 7) is 0. The second-order valence-corrected chi connectivity index (χ2v) is 13.4. The first-order valence-electron chi connectivity index (χ1n) is 15.2. The highest BCUT2D eigenvalue weighted by Crippen LogP contribution is 2.34. The normalized spacial score (nSPS) is 11.7. The van der Waals surface area contributed by atoms with E-state index in [2.05, 4.69) is 156 Å². The van der Waals surface area contributed by atoms with Crippen LogP contribution in [0, 0.1) is 0 Å². The zero-order valence-electron chi connectivity index (χ0n) is 24.7. The highest BCUT2D eigenvalue weighted by Gasteiger charge is 2.18. The Balaban J connectivity index is 1.11. The fourth-order valence-corrected chi connectivity index (χ4v) is 8.49. The average molecular weight is 611 g/mol. The van der Waals surface area contributed by atoms with Crippen molar-refractivity contribution in [2.24, 2.45) is 0 Å². The minimum Gasteiger partial charge on any atom is -0.301 e. The number of pyridine rings is 3. The van der Waals surface area contributed by atoms with Crippen LogP contribution in [0.1, 0.15) is 0 Å². The van der Waals surface area contributed by atoms with Gasteiger partial charge in [-0.3, -0.25) is 0 Å². The highest BCUT2D eigenvalue weighted by atomic mass is 31.1. The van der Waals surface area contributed by atoms with Gasteiger partial charge in [0.05, 0.1) is 0 Å². The van der Waals surface area contributed by atoms with Crippen LogP contribution in [0.25, 0.3) is 50.2 Å². The predicted molar refractivity (Wildman–Crippen MR) is 189 cm³/mol. The van der Waals surface area contributed by atoms with Gasteiger partial charge in [0.1, 0.15) is 16.9 Å². The lowest BCUT2D eigenvalue weighted by Crippen LogP contribution is -2.21. The van der Waals surface area contributed by atoms with Gasteiger partial charge in [-0.05, 0) is 115 Å². The minimum atomic E-state index is -0.834. The number of rotatable bonds is 6. The molecular formula is C39H27N6P. The maximum absolute atomic E-state index is 4.62. The summed E-state index contributed by atoms with van der Waals surface area (Å²) in [5.74, 6) is 0. The zero-order valence-corrected chi connectivity index (χ0v) is 25.6. The van der Waals surface area contributed by atoms with Crippen LogP contribution in [0.2, 0.25) is 0 Å². The summed E-state index contributed by atoms with van der Waals surface area (Å²) >= 11 is 0. The molecule has 0 saturated carbocycles. The second-order valence-electron chi connectivity index (χ2n) is 11.2. The molecule has 0 atom stereocenters. The Kier molecular flexibility index (Phi) is 6.32. The number of hydrogen-bond acceptors (Lipinski definition) is 3. The van der Waals surface area contributed by atoms with Crippen molar-refractivity contribution in [1.29, 1.82) is 0 Å². The maximum Gasteiger partial charge on any atom is 0.144 e. The first kappa shape index (κ1) is 26.6. The van der Waals surface area contributed by atoms with Crippen LogP contribution in [0.4, 0.5) is 0 Å². The molecule has 9 aromatic rings. The summed E-state index contributed by atoms with van der Waals surface area (Å²) in [4.78, 5) is 13.9. The Bertz CT molecular complexity index is 2190. The van der Waals surface area contributed by atoms with Gasteiger partial charge in [-0.2, -0.15) is 0 Å². The molecule has 0 amide bonds. The first-order chi connectivity index (χ1) is 22.8. The van der Waals surface area contributed by atoms with Gasteiger partial charge in [-0.1, -0.05) is 36.4 Å². The molecule has 0 spiro atoms. The van der Waals surface area contributed by atoms with E-state index in [-0.39, 0.29) is 0 Å². The van der Waals surface area contributed by atoms with Crippen LogP contribution in [0.5, 0.6) is 0 Å². The van der Waals surface area contributed by atoms with Crippen molar-refractivity contribution >= 4 is 56.9 Å². The van der Waals surface area contributed by atoms with E-state index in [1.807, 2.05) is 36.8 Å². The molecule has 9 rings (SSSR count). The molecule has 0 bridgehead atoms. The van der Waals surface area contributed by atoms with Crippen molar-refractivity contribution in [1.82, 2.24) is 28.7 Å². The molecule has 0 radical (unpaired) electrons. The van der Waals surface area contributed by atoms with Crippen LogP contribution >= 0.6 is 7.92 Å². The van der Waals surface area contributed by atoms with E-state index in [1.165, 1.54) is 15.9 Å². The summed E-state index contributed by atoms with van der Waals surface area (Å²) in [6, 6.07) is 45.4. The van der Waals surface area contributed by atoms with Crippen LogP contribution in [0.3, 0.4) is 0 Å². The Morgan fingerprint density at radius 2 is 0.652 bits per heavy atom. The molecule has 0 aliphatic heterocycles. The molecule has 6 aromatic heterocycles. The summed E-state index contributed by atoms with van der Waals surface area (Å²) in [5.41, 5.74) is 6.17. The van der Waals surface area contributed by atoms with Gasteiger partial charge in [0, 0.05) is 70.4 Å². The Morgan fingerprint density at radius 1 is 0.348 bits per heavy atom. The predicted octanol–water partition coefficient (Wildman–Crippen LogP) is 7.46. The third kappa shape index (κ3) is 4.50. The van der Waals surface area contributed by atoms with Gasteiger partial charge in [-0.25, -0.2) is 15.0 Å². The molecule has 0 N–H and O–H groups in total. The fourth-order valence-electron chi connectivity index (χ4n) is 6.26. The van der Waals surface area contributed by atoms with E-state index in [4.69, 9.17) is 0 Å². The van der Waals surface area contributed by atoms with Gasteiger partial charge in [0.25, 0.3) is 0 Å². The van der Waals surface area contributed by atoms with Crippen LogP contribution in [0.15, 0.2) is 165 Å². The SMILES string of the molecule is c1cnc2c(c1)ccn2-c1ccc(P(c2ccc(-n3ccc4cccnc43)cc2)c2ccc(-n3ccc4cccnc43)cc2)cc1. The standard InChI is InChI=1S/C39H27N6P/c1-4-28-19-25-43(37(28)40-22-1)31-7-13-34(14-8-31)46(35-15-9-32(10-16-35)44-26-20-29-5-2-23-41-38(29)44)36-17-11-33(12-18-36)45-27-21-30-6-3-24-42-39(30)45/h1-27H. The second kappa shape index (κ2) is 11.0. The number of aromatic nitrogens is 6. The first-order valence-corrected chi connectivity index (χ1v) is 16.5. The molecule has 0 aliphatic rings. The van der Waals surface area contributed by atoms with E-state index < -0.39 is 7.92 Å². The molecule has 0 fully saturated rings. The van der Waals surface area contributed by atoms with E-state index >= 15 is 0 Å². The Hall–Kier alpha value is -5.84. The number of benzene rings is 3. The summed E-state index contributed by atoms with van der Waals surface area (Å²) in [5, 5.41) is 7.24. The molecule has 0 saturated heterocycles. The van der Waals surface area contributed by atoms with Gasteiger partial charge in [0.2, 0.25) is 0 Å². The van der Waals surface area contributed by atoms with E-state index in [0.29, 0.717) is 0 Å². The third-order valence-corrected chi connectivity index (χ3v) is 10.9. The van der Waals surface area contributed by atoms with Crippen molar-refractivity contribution in [2.45, 2.75) is 0 Å². The molecule has 3 aromatic carbocycles. The lowest BCUT2D eigenvalue weighted by Gasteiger charge is -2.21. The van der Waals surface area contributed by atoms with Crippen LogP contribution in [-0.4, -0.2) is 28.7 Å². The van der Waals surface area contributed by atoms with Gasteiger partial charge in [-0.15, -0.1) is 0 Å². The molecule has 6 heterocycles. The Labute approximate surface area is 266 Å². The molecule has 46 heavy (non-hydrogen) atoms. The molecule has 218 valence electrons.